The molecule has 0 radical (unpaired) electrons. The quantitative estimate of drug-likeness (QED) is 0.555. The van der Waals surface area contributed by atoms with Crippen LogP contribution in [-0.2, 0) is 9.59 Å². The highest BCUT2D eigenvalue weighted by Gasteiger charge is 2.19. The molecule has 0 heterocycles. The van der Waals surface area contributed by atoms with Crippen molar-refractivity contribution >= 4 is 11.8 Å². The second-order valence-electron chi connectivity index (χ2n) is 3.78. The lowest BCUT2D eigenvalue weighted by Gasteiger charge is -2.15. The Labute approximate surface area is 83.7 Å². The summed E-state index contributed by atoms with van der Waals surface area (Å²) in [6.45, 7) is 5.27. The lowest BCUT2D eigenvalue weighted by molar-refractivity contribution is -0.133. The van der Waals surface area contributed by atoms with Crippen molar-refractivity contribution in [3.63, 3.8) is 0 Å². The molecule has 0 spiro atoms. The van der Waals surface area contributed by atoms with Crippen molar-refractivity contribution in [3.05, 3.63) is 0 Å². The van der Waals surface area contributed by atoms with Gasteiger partial charge in [0.05, 0.1) is 0 Å². The Morgan fingerprint density at radius 3 is 2.21 bits per heavy atom. The summed E-state index contributed by atoms with van der Waals surface area (Å²) in [6, 6.07) is -0.746. The molecule has 2 amide bonds. The molecule has 2 atom stereocenters. The van der Waals surface area contributed by atoms with Crippen molar-refractivity contribution in [1.82, 2.24) is 5.32 Å². The molecule has 5 heteroatoms. The van der Waals surface area contributed by atoms with Crippen LogP contribution in [0.3, 0.4) is 0 Å². The largest absolute Gasteiger partial charge is 0.383 e. The molecule has 4 N–H and O–H groups in total. The highest BCUT2D eigenvalue weighted by Crippen LogP contribution is 2.04. The van der Waals surface area contributed by atoms with Gasteiger partial charge in [-0.2, -0.15) is 0 Å². The van der Waals surface area contributed by atoms with E-state index in [2.05, 4.69) is 5.32 Å². The molecule has 82 valence electrons. The Hall–Kier alpha value is -1.10. The molecule has 0 aromatic rings. The fourth-order valence-corrected chi connectivity index (χ4v) is 0.934. The van der Waals surface area contributed by atoms with Crippen LogP contribution < -0.4 is 11.1 Å². The van der Waals surface area contributed by atoms with E-state index in [0.717, 1.165) is 0 Å². The van der Waals surface area contributed by atoms with Crippen molar-refractivity contribution in [2.24, 2.45) is 11.7 Å². The molecule has 0 bridgehead atoms. The third-order valence-corrected chi connectivity index (χ3v) is 1.78. The summed E-state index contributed by atoms with van der Waals surface area (Å²) in [5.74, 6) is -0.945. The van der Waals surface area contributed by atoms with Gasteiger partial charge in [-0.3, -0.25) is 9.59 Å². The zero-order valence-electron chi connectivity index (χ0n) is 8.78. The molecule has 0 aromatic carbocycles. The van der Waals surface area contributed by atoms with Gasteiger partial charge in [-0.15, -0.1) is 0 Å². The van der Waals surface area contributed by atoms with Crippen molar-refractivity contribution in [3.8, 4) is 0 Å². The standard InChI is InChI=1S/C9H18N2O3/c1-5(2)4-7(12)9(14)11-6(3)8(10)13/h5-7,12H,4H2,1-3H3,(H2,10,13)(H,11,14)/t6-,7?/m0/s1. The third-order valence-electron chi connectivity index (χ3n) is 1.78. The van der Waals surface area contributed by atoms with E-state index in [1.807, 2.05) is 13.8 Å². The van der Waals surface area contributed by atoms with E-state index < -0.39 is 24.0 Å². The number of hydrogen-bond acceptors (Lipinski definition) is 3. The minimum atomic E-state index is -1.07. The summed E-state index contributed by atoms with van der Waals surface area (Å²) in [4.78, 5) is 21.8. The highest BCUT2D eigenvalue weighted by atomic mass is 16.3. The first-order chi connectivity index (χ1) is 6.34. The van der Waals surface area contributed by atoms with Gasteiger partial charge in [-0.05, 0) is 19.3 Å². The molecule has 0 fully saturated rings. The Balaban J connectivity index is 4.01. The van der Waals surface area contributed by atoms with Gasteiger partial charge in [-0.25, -0.2) is 0 Å². The molecule has 14 heavy (non-hydrogen) atoms. The van der Waals surface area contributed by atoms with E-state index >= 15 is 0 Å². The van der Waals surface area contributed by atoms with E-state index in [1.165, 1.54) is 6.92 Å². The van der Waals surface area contributed by atoms with Crippen molar-refractivity contribution < 1.29 is 14.7 Å². The number of hydrogen-bond donors (Lipinski definition) is 3. The minimum absolute atomic E-state index is 0.222. The van der Waals surface area contributed by atoms with Crippen LogP contribution >= 0.6 is 0 Å². The summed E-state index contributed by atoms with van der Waals surface area (Å²) in [7, 11) is 0. The van der Waals surface area contributed by atoms with Crippen LogP contribution in [0.2, 0.25) is 0 Å². The Morgan fingerprint density at radius 2 is 1.86 bits per heavy atom. The number of carbonyl (C=O) groups excluding carboxylic acids is 2. The van der Waals surface area contributed by atoms with Gasteiger partial charge < -0.3 is 16.2 Å². The molecule has 0 aliphatic carbocycles. The summed E-state index contributed by atoms with van der Waals surface area (Å²) in [5.41, 5.74) is 4.95. The maximum atomic E-state index is 11.2. The van der Waals surface area contributed by atoms with Gasteiger partial charge in [0.25, 0.3) is 0 Å². The van der Waals surface area contributed by atoms with Crippen LogP contribution in [0.25, 0.3) is 0 Å². The zero-order valence-corrected chi connectivity index (χ0v) is 8.78. The smallest absolute Gasteiger partial charge is 0.249 e. The van der Waals surface area contributed by atoms with Crippen LogP contribution in [0.4, 0.5) is 0 Å². The molecule has 5 nitrogen and oxygen atoms in total. The van der Waals surface area contributed by atoms with Gasteiger partial charge in [0.15, 0.2) is 0 Å². The van der Waals surface area contributed by atoms with Crippen LogP contribution in [0, 0.1) is 5.92 Å². The van der Waals surface area contributed by atoms with Gasteiger partial charge in [-0.1, -0.05) is 13.8 Å². The van der Waals surface area contributed by atoms with Crippen LogP contribution in [0.15, 0.2) is 0 Å². The fraction of sp³-hybridized carbons (Fsp3) is 0.778. The number of aliphatic hydroxyl groups excluding tert-OH is 1. The van der Waals surface area contributed by atoms with Crippen molar-refractivity contribution in [1.29, 1.82) is 0 Å². The summed E-state index contributed by atoms with van der Waals surface area (Å²) in [5, 5.41) is 11.7. The van der Waals surface area contributed by atoms with Crippen LogP contribution in [-0.4, -0.2) is 29.1 Å². The number of aliphatic hydroxyl groups is 1. The Kier molecular flexibility index (Phi) is 5.15. The molecule has 0 saturated carbocycles. The fourth-order valence-electron chi connectivity index (χ4n) is 0.934. The summed E-state index contributed by atoms with van der Waals surface area (Å²) < 4.78 is 0. The monoisotopic (exact) mass is 202 g/mol. The molecular weight excluding hydrogens is 184 g/mol. The second-order valence-corrected chi connectivity index (χ2v) is 3.78. The first-order valence-corrected chi connectivity index (χ1v) is 4.62. The van der Waals surface area contributed by atoms with E-state index in [-0.39, 0.29) is 5.92 Å². The predicted octanol–water partition coefficient (Wildman–Crippen LogP) is -0.617. The van der Waals surface area contributed by atoms with E-state index in [0.29, 0.717) is 6.42 Å². The molecule has 0 aliphatic heterocycles. The molecule has 0 rings (SSSR count). The van der Waals surface area contributed by atoms with Gasteiger partial charge in [0, 0.05) is 0 Å². The number of primary amides is 1. The van der Waals surface area contributed by atoms with Gasteiger partial charge in [0.1, 0.15) is 12.1 Å². The lowest BCUT2D eigenvalue weighted by Crippen LogP contribution is -2.46. The van der Waals surface area contributed by atoms with E-state index in [1.54, 1.807) is 0 Å². The SMILES string of the molecule is CC(C)CC(O)C(=O)N[C@@H](C)C(N)=O. The first kappa shape index (κ1) is 12.9. The van der Waals surface area contributed by atoms with E-state index in [9.17, 15) is 14.7 Å². The average Bonchev–Trinajstić information content (AvgIpc) is 2.02. The number of amides is 2. The maximum Gasteiger partial charge on any atom is 0.249 e. The summed E-state index contributed by atoms with van der Waals surface area (Å²) in [6.07, 6.45) is -0.700. The number of rotatable bonds is 5. The molecule has 0 aromatic heterocycles. The normalized spacial score (nSPS) is 14.9. The second kappa shape index (κ2) is 5.59. The Morgan fingerprint density at radius 1 is 1.36 bits per heavy atom. The molecule has 0 saturated heterocycles. The van der Waals surface area contributed by atoms with E-state index in [4.69, 9.17) is 5.73 Å². The third kappa shape index (κ3) is 4.81. The predicted molar refractivity (Wildman–Crippen MR) is 52.3 cm³/mol. The molecule has 0 aliphatic rings. The van der Waals surface area contributed by atoms with Gasteiger partial charge in [0.2, 0.25) is 11.8 Å². The topological polar surface area (TPSA) is 92.4 Å². The number of carbonyl (C=O) groups is 2. The van der Waals surface area contributed by atoms with Crippen molar-refractivity contribution in [2.45, 2.75) is 39.3 Å². The zero-order chi connectivity index (χ0) is 11.3. The van der Waals surface area contributed by atoms with Crippen LogP contribution in [0.5, 0.6) is 0 Å². The average molecular weight is 202 g/mol. The number of nitrogens with two attached hydrogens (primary N) is 1. The minimum Gasteiger partial charge on any atom is -0.383 e. The summed E-state index contributed by atoms with van der Waals surface area (Å²) >= 11 is 0. The maximum absolute atomic E-state index is 11.2. The number of nitrogens with one attached hydrogen (secondary N) is 1. The molecular formula is C9H18N2O3. The first-order valence-electron chi connectivity index (χ1n) is 4.62. The lowest BCUT2D eigenvalue weighted by atomic mass is 10.1. The van der Waals surface area contributed by atoms with Crippen molar-refractivity contribution in [2.75, 3.05) is 0 Å². The highest BCUT2D eigenvalue weighted by molar-refractivity contribution is 5.88. The van der Waals surface area contributed by atoms with Gasteiger partial charge >= 0.3 is 0 Å². The van der Waals surface area contributed by atoms with Crippen LogP contribution in [0.1, 0.15) is 27.2 Å². The Bertz CT molecular complexity index is 216. The molecule has 1 unspecified atom stereocenters.